The fourth-order valence-electron chi connectivity index (χ4n) is 2.10. The van der Waals surface area contributed by atoms with Crippen molar-refractivity contribution < 1.29 is 13.8 Å². The smallest absolute Gasteiger partial charge is 0.400 e. The Bertz CT molecular complexity index is 499. The van der Waals surface area contributed by atoms with Crippen LogP contribution in [0.1, 0.15) is 44.7 Å². The zero-order chi connectivity index (χ0) is 15.1. The van der Waals surface area contributed by atoms with Gasteiger partial charge in [0.1, 0.15) is 5.76 Å². The zero-order valence-electron chi connectivity index (χ0n) is 13.1. The summed E-state index contributed by atoms with van der Waals surface area (Å²) < 4.78 is 17.2. The number of hydrogen-bond acceptors (Lipinski definition) is 5. The van der Waals surface area contributed by atoms with E-state index in [0.717, 1.165) is 22.5 Å². The highest BCUT2D eigenvalue weighted by atomic mass is 16.7. The highest BCUT2D eigenvalue weighted by molar-refractivity contribution is 6.55. The average Bonchev–Trinajstić information content (AvgIpc) is 2.75. The number of aromatic nitrogens is 1. The van der Waals surface area contributed by atoms with E-state index < -0.39 is 7.12 Å². The molecule has 1 aliphatic heterocycles. The normalized spacial score (nSPS) is 21.6. The van der Waals surface area contributed by atoms with Crippen molar-refractivity contribution in [2.75, 3.05) is 6.54 Å². The van der Waals surface area contributed by atoms with E-state index in [9.17, 15) is 0 Å². The molecule has 0 saturated carbocycles. The first-order valence-electron chi connectivity index (χ1n) is 6.87. The molecule has 0 aliphatic carbocycles. The van der Waals surface area contributed by atoms with Gasteiger partial charge in [-0.15, -0.1) is 0 Å². The lowest BCUT2D eigenvalue weighted by atomic mass is 9.77. The Morgan fingerprint density at radius 2 is 1.75 bits per heavy atom. The van der Waals surface area contributed by atoms with Crippen molar-refractivity contribution in [3.63, 3.8) is 0 Å². The van der Waals surface area contributed by atoms with Crippen molar-refractivity contribution in [3.8, 4) is 0 Å². The van der Waals surface area contributed by atoms with Crippen LogP contribution in [0.2, 0.25) is 0 Å². The van der Waals surface area contributed by atoms with E-state index in [4.69, 9.17) is 19.6 Å². The summed E-state index contributed by atoms with van der Waals surface area (Å²) in [4.78, 5) is 0. The van der Waals surface area contributed by atoms with E-state index in [2.05, 4.69) is 5.16 Å². The molecule has 110 valence electrons. The van der Waals surface area contributed by atoms with Crippen LogP contribution in [0.15, 0.2) is 10.00 Å². The maximum absolute atomic E-state index is 6.02. The predicted molar refractivity (Wildman–Crippen MR) is 79.1 cm³/mol. The summed E-state index contributed by atoms with van der Waals surface area (Å²) in [6.45, 7) is 12.2. The predicted octanol–water partition coefficient (Wildman–Crippen LogP) is 2.26. The van der Waals surface area contributed by atoms with Gasteiger partial charge in [0, 0.05) is 12.1 Å². The van der Waals surface area contributed by atoms with Crippen LogP contribution in [0.4, 0.5) is 0 Å². The molecule has 5 nitrogen and oxygen atoms in total. The first kappa shape index (κ1) is 15.3. The second-order valence-electron chi connectivity index (χ2n) is 6.25. The lowest BCUT2D eigenvalue weighted by Crippen LogP contribution is -2.41. The number of hydrogen-bond donors (Lipinski definition) is 1. The minimum Gasteiger partial charge on any atom is -0.400 e. The fourth-order valence-corrected chi connectivity index (χ4v) is 2.10. The Balaban J connectivity index is 2.31. The summed E-state index contributed by atoms with van der Waals surface area (Å²) in [7, 11) is -0.432. The molecule has 1 fully saturated rings. The molecule has 1 saturated heterocycles. The standard InChI is InChI=1S/C14H23BN2O3/c1-9-12(10(2)18-17-9)7-11(8-16)15-19-13(3,4)14(5,6)20-15/h7H,8,16H2,1-6H3. The molecular weight excluding hydrogens is 255 g/mol. The molecule has 2 rings (SSSR count). The molecule has 0 aromatic carbocycles. The average molecular weight is 278 g/mol. The van der Waals surface area contributed by atoms with Gasteiger partial charge in [0.2, 0.25) is 0 Å². The van der Waals surface area contributed by atoms with Gasteiger partial charge in [0.15, 0.2) is 0 Å². The fraction of sp³-hybridized carbons (Fsp3) is 0.643. The van der Waals surface area contributed by atoms with Crippen LogP contribution >= 0.6 is 0 Å². The van der Waals surface area contributed by atoms with E-state index in [0.29, 0.717) is 6.54 Å². The Morgan fingerprint density at radius 3 is 2.15 bits per heavy atom. The lowest BCUT2D eigenvalue weighted by molar-refractivity contribution is 0.00578. The van der Waals surface area contributed by atoms with Crippen LogP contribution in [-0.4, -0.2) is 30.0 Å². The topological polar surface area (TPSA) is 70.5 Å². The van der Waals surface area contributed by atoms with Gasteiger partial charge < -0.3 is 19.6 Å². The molecule has 0 bridgehead atoms. The number of nitrogens with two attached hydrogens (primary N) is 1. The molecular formula is C14H23BN2O3. The van der Waals surface area contributed by atoms with E-state index in [-0.39, 0.29) is 11.2 Å². The number of rotatable bonds is 3. The molecule has 1 aromatic rings. The summed E-state index contributed by atoms with van der Waals surface area (Å²) in [5.41, 5.74) is 7.80. The van der Waals surface area contributed by atoms with Crippen molar-refractivity contribution in [2.24, 2.45) is 5.73 Å². The zero-order valence-corrected chi connectivity index (χ0v) is 13.1. The van der Waals surface area contributed by atoms with Crippen LogP contribution in [0.25, 0.3) is 6.08 Å². The van der Waals surface area contributed by atoms with E-state index in [1.165, 1.54) is 0 Å². The minimum atomic E-state index is -0.432. The highest BCUT2D eigenvalue weighted by Gasteiger charge is 2.52. The molecule has 0 spiro atoms. The Hall–Kier alpha value is -1.11. The van der Waals surface area contributed by atoms with Crippen molar-refractivity contribution in [3.05, 3.63) is 22.5 Å². The van der Waals surface area contributed by atoms with Gasteiger partial charge >= 0.3 is 7.12 Å². The van der Waals surface area contributed by atoms with E-state index in [1.807, 2.05) is 47.6 Å². The van der Waals surface area contributed by atoms with Crippen LogP contribution in [0.3, 0.4) is 0 Å². The lowest BCUT2D eigenvalue weighted by Gasteiger charge is -2.32. The molecule has 0 amide bonds. The molecule has 1 aromatic heterocycles. The van der Waals surface area contributed by atoms with Gasteiger partial charge in [-0.3, -0.25) is 0 Å². The molecule has 2 heterocycles. The number of nitrogens with zero attached hydrogens (tertiary/aromatic N) is 1. The monoisotopic (exact) mass is 278 g/mol. The largest absolute Gasteiger partial charge is 0.491 e. The summed E-state index contributed by atoms with van der Waals surface area (Å²) in [5, 5.41) is 3.95. The Kier molecular flexibility index (Phi) is 3.84. The van der Waals surface area contributed by atoms with Gasteiger partial charge in [-0.25, -0.2) is 0 Å². The summed E-state index contributed by atoms with van der Waals surface area (Å²) >= 11 is 0. The molecule has 0 unspecified atom stereocenters. The van der Waals surface area contributed by atoms with E-state index in [1.54, 1.807) is 0 Å². The van der Waals surface area contributed by atoms with Crippen LogP contribution in [0.5, 0.6) is 0 Å². The molecule has 1 aliphatic rings. The SMILES string of the molecule is Cc1noc(C)c1C=C(CN)B1OC(C)(C)C(C)(C)O1. The molecule has 2 N–H and O–H groups in total. The maximum atomic E-state index is 6.02. The highest BCUT2D eigenvalue weighted by Crippen LogP contribution is 2.38. The van der Waals surface area contributed by atoms with Crippen LogP contribution in [0, 0.1) is 13.8 Å². The van der Waals surface area contributed by atoms with Gasteiger partial charge in [-0.1, -0.05) is 11.2 Å². The second kappa shape index (κ2) is 5.02. The van der Waals surface area contributed by atoms with Gasteiger partial charge in [0.05, 0.1) is 16.9 Å². The van der Waals surface area contributed by atoms with Gasteiger partial charge in [-0.2, -0.15) is 0 Å². The van der Waals surface area contributed by atoms with Crippen molar-refractivity contribution in [2.45, 2.75) is 52.7 Å². The number of aryl methyl sites for hydroxylation is 2. The second-order valence-corrected chi connectivity index (χ2v) is 6.25. The van der Waals surface area contributed by atoms with Gasteiger partial charge in [0.25, 0.3) is 0 Å². The third-order valence-electron chi connectivity index (χ3n) is 4.21. The van der Waals surface area contributed by atoms with Crippen LogP contribution < -0.4 is 5.73 Å². The molecule has 6 heteroatoms. The molecule has 0 radical (unpaired) electrons. The summed E-state index contributed by atoms with van der Waals surface area (Å²) in [6.07, 6.45) is 1.96. The summed E-state index contributed by atoms with van der Waals surface area (Å²) in [6, 6.07) is 0. The van der Waals surface area contributed by atoms with Gasteiger partial charge in [-0.05, 0) is 47.0 Å². The summed E-state index contributed by atoms with van der Waals surface area (Å²) in [5.74, 6) is 0.768. The third-order valence-corrected chi connectivity index (χ3v) is 4.21. The van der Waals surface area contributed by atoms with Crippen molar-refractivity contribution in [1.29, 1.82) is 0 Å². The minimum absolute atomic E-state index is 0.362. The molecule has 20 heavy (non-hydrogen) atoms. The quantitative estimate of drug-likeness (QED) is 0.859. The third kappa shape index (κ3) is 2.55. The maximum Gasteiger partial charge on any atom is 0.491 e. The van der Waals surface area contributed by atoms with E-state index >= 15 is 0 Å². The van der Waals surface area contributed by atoms with Crippen molar-refractivity contribution >= 4 is 13.2 Å². The first-order chi connectivity index (χ1) is 9.18. The first-order valence-corrected chi connectivity index (χ1v) is 6.87. The van der Waals surface area contributed by atoms with Crippen molar-refractivity contribution in [1.82, 2.24) is 5.16 Å². The molecule has 0 atom stereocenters. The Labute approximate surface area is 120 Å². The van der Waals surface area contributed by atoms with Crippen LogP contribution in [-0.2, 0) is 9.31 Å². The Morgan fingerprint density at radius 1 is 1.20 bits per heavy atom.